The Balaban J connectivity index is 2.04. The molecule has 2 aromatic carbocycles. The number of amides is 3. The maximum absolute atomic E-state index is 13.2. The number of nitrogens with one attached hydrogen (secondary N) is 1. The summed E-state index contributed by atoms with van der Waals surface area (Å²) in [6, 6.07) is 0.957. The number of hydrogen-bond acceptors (Lipinski definition) is 3. The standard InChI is InChI=1S/C21H14Cl5F3N2O3/c1-7(2)5-11(18(32)30-10-6-8(21(27,28)29)3-4-9(10)22)31-19(33)12-13(20(31)34)15(24)17(26)16(25)14(12)23/h3-4,6-7,11H,5H2,1-2H3,(H,30,32)/t11-/m0/s1. The number of nitrogens with zero attached hydrogens (tertiary/aromatic N) is 1. The molecule has 1 heterocycles. The Morgan fingerprint density at radius 1 is 0.941 bits per heavy atom. The fourth-order valence-corrected chi connectivity index (χ4v) is 4.62. The molecule has 1 atom stereocenters. The van der Waals surface area contributed by atoms with Gasteiger partial charge in [0.25, 0.3) is 11.8 Å². The van der Waals surface area contributed by atoms with Crippen molar-refractivity contribution in [3.05, 3.63) is 60.0 Å². The molecule has 34 heavy (non-hydrogen) atoms. The number of imide groups is 1. The summed E-state index contributed by atoms with van der Waals surface area (Å²) in [5.74, 6) is -3.04. The Labute approximate surface area is 217 Å². The monoisotopic (exact) mass is 574 g/mol. The van der Waals surface area contributed by atoms with Gasteiger partial charge < -0.3 is 5.32 Å². The number of fused-ring (bicyclic) bond motifs is 1. The predicted octanol–water partition coefficient (Wildman–Crippen LogP) is 7.62. The van der Waals surface area contributed by atoms with Gasteiger partial charge >= 0.3 is 6.18 Å². The average molecular weight is 577 g/mol. The van der Waals surface area contributed by atoms with Gasteiger partial charge in [-0.1, -0.05) is 71.9 Å². The van der Waals surface area contributed by atoms with Crippen LogP contribution >= 0.6 is 58.0 Å². The fraction of sp³-hybridized carbons (Fsp3) is 0.286. The zero-order valence-corrected chi connectivity index (χ0v) is 21.1. The lowest BCUT2D eigenvalue weighted by Gasteiger charge is -2.27. The zero-order valence-electron chi connectivity index (χ0n) is 17.3. The topological polar surface area (TPSA) is 66.5 Å². The molecule has 2 aromatic rings. The molecule has 0 aromatic heterocycles. The van der Waals surface area contributed by atoms with E-state index in [9.17, 15) is 27.6 Å². The predicted molar refractivity (Wildman–Crippen MR) is 125 cm³/mol. The van der Waals surface area contributed by atoms with Crippen LogP contribution in [0.2, 0.25) is 25.1 Å². The van der Waals surface area contributed by atoms with E-state index < -0.39 is 35.5 Å². The zero-order chi connectivity index (χ0) is 25.7. The third-order valence-electron chi connectivity index (χ3n) is 4.99. The molecule has 0 saturated heterocycles. The van der Waals surface area contributed by atoms with Crippen molar-refractivity contribution >= 4 is 81.4 Å². The van der Waals surface area contributed by atoms with Crippen LogP contribution in [-0.2, 0) is 11.0 Å². The maximum atomic E-state index is 13.2. The minimum absolute atomic E-state index is 0.0232. The summed E-state index contributed by atoms with van der Waals surface area (Å²) in [5.41, 5.74) is -2.01. The lowest BCUT2D eigenvalue weighted by Crippen LogP contribution is -2.48. The molecule has 5 nitrogen and oxygen atoms in total. The van der Waals surface area contributed by atoms with E-state index in [1.165, 1.54) is 0 Å². The number of hydrogen-bond donors (Lipinski definition) is 1. The van der Waals surface area contributed by atoms with Gasteiger partial charge in [-0.3, -0.25) is 19.3 Å². The lowest BCUT2D eigenvalue weighted by atomic mass is 10.0. The van der Waals surface area contributed by atoms with Crippen molar-refractivity contribution in [1.82, 2.24) is 4.90 Å². The number of rotatable bonds is 5. The van der Waals surface area contributed by atoms with Gasteiger partial charge in [0.2, 0.25) is 5.91 Å². The van der Waals surface area contributed by atoms with Crippen molar-refractivity contribution in [3.8, 4) is 0 Å². The minimum Gasteiger partial charge on any atom is -0.323 e. The van der Waals surface area contributed by atoms with Crippen LogP contribution in [0.4, 0.5) is 18.9 Å². The average Bonchev–Trinajstić information content (AvgIpc) is 2.99. The molecule has 0 bridgehead atoms. The van der Waals surface area contributed by atoms with Gasteiger partial charge in [0.05, 0.1) is 47.5 Å². The van der Waals surface area contributed by atoms with E-state index in [2.05, 4.69) is 5.32 Å². The third kappa shape index (κ3) is 4.84. The van der Waals surface area contributed by atoms with Crippen molar-refractivity contribution in [2.75, 3.05) is 5.32 Å². The van der Waals surface area contributed by atoms with E-state index in [-0.39, 0.29) is 54.3 Å². The molecule has 1 aliphatic rings. The van der Waals surface area contributed by atoms with Crippen molar-refractivity contribution in [2.45, 2.75) is 32.5 Å². The highest BCUT2D eigenvalue weighted by Crippen LogP contribution is 2.45. The van der Waals surface area contributed by atoms with E-state index in [1.54, 1.807) is 13.8 Å². The van der Waals surface area contributed by atoms with E-state index in [0.717, 1.165) is 12.1 Å². The molecule has 0 fully saturated rings. The summed E-state index contributed by atoms with van der Waals surface area (Å²) < 4.78 is 39.3. The van der Waals surface area contributed by atoms with Crippen LogP contribution in [0.5, 0.6) is 0 Å². The van der Waals surface area contributed by atoms with Crippen molar-refractivity contribution in [2.24, 2.45) is 5.92 Å². The summed E-state index contributed by atoms with van der Waals surface area (Å²) in [5, 5.41) is 1.02. The molecule has 182 valence electrons. The Bertz CT molecular complexity index is 1170. The molecule has 13 heteroatoms. The molecule has 0 unspecified atom stereocenters. The molecule has 0 aliphatic carbocycles. The van der Waals surface area contributed by atoms with Crippen molar-refractivity contribution in [3.63, 3.8) is 0 Å². The van der Waals surface area contributed by atoms with Crippen LogP contribution in [0, 0.1) is 5.92 Å². The van der Waals surface area contributed by atoms with Gasteiger partial charge in [-0.15, -0.1) is 0 Å². The molecule has 1 aliphatic heterocycles. The van der Waals surface area contributed by atoms with Gasteiger partial charge in [-0.2, -0.15) is 13.2 Å². The van der Waals surface area contributed by atoms with E-state index in [0.29, 0.717) is 11.0 Å². The Morgan fingerprint density at radius 3 is 1.88 bits per heavy atom. The largest absolute Gasteiger partial charge is 0.416 e. The van der Waals surface area contributed by atoms with E-state index in [4.69, 9.17) is 58.0 Å². The highest BCUT2D eigenvalue weighted by molar-refractivity contribution is 6.55. The molecular formula is C21H14Cl5F3N2O3. The van der Waals surface area contributed by atoms with Gasteiger partial charge in [0.15, 0.2) is 0 Å². The normalized spacial score (nSPS) is 14.6. The second-order valence-corrected chi connectivity index (χ2v) is 9.73. The first-order chi connectivity index (χ1) is 15.7. The summed E-state index contributed by atoms with van der Waals surface area (Å²) in [7, 11) is 0. The van der Waals surface area contributed by atoms with E-state index >= 15 is 0 Å². The van der Waals surface area contributed by atoms with Gasteiger partial charge in [0, 0.05) is 0 Å². The highest BCUT2D eigenvalue weighted by Gasteiger charge is 2.47. The smallest absolute Gasteiger partial charge is 0.323 e. The van der Waals surface area contributed by atoms with Crippen LogP contribution in [0.3, 0.4) is 0 Å². The second-order valence-electron chi connectivity index (χ2n) is 7.81. The number of benzene rings is 2. The Kier molecular flexibility index (Phi) is 7.70. The van der Waals surface area contributed by atoms with E-state index in [1.807, 2.05) is 0 Å². The first-order valence-electron chi connectivity index (χ1n) is 9.58. The molecule has 0 spiro atoms. The number of alkyl halides is 3. The fourth-order valence-electron chi connectivity index (χ4n) is 3.44. The number of carbonyl (C=O) groups is 3. The van der Waals surface area contributed by atoms with Crippen molar-refractivity contribution < 1.29 is 27.6 Å². The first kappa shape index (κ1) is 26.9. The van der Waals surface area contributed by atoms with Crippen LogP contribution in [0.1, 0.15) is 46.5 Å². The quantitative estimate of drug-likeness (QED) is 0.226. The van der Waals surface area contributed by atoms with Gasteiger partial charge in [0.1, 0.15) is 6.04 Å². The highest BCUT2D eigenvalue weighted by atomic mass is 35.5. The van der Waals surface area contributed by atoms with Crippen LogP contribution in [0.25, 0.3) is 0 Å². The number of anilines is 1. The third-order valence-corrected chi connectivity index (χ3v) is 7.12. The SMILES string of the molecule is CC(C)C[C@@H](C(=O)Nc1cc(C(F)(F)F)ccc1Cl)N1C(=O)c2c(Cl)c(Cl)c(Cl)c(Cl)c2C1=O. The summed E-state index contributed by atoms with van der Waals surface area (Å²) in [4.78, 5) is 40.2. The summed E-state index contributed by atoms with van der Waals surface area (Å²) in [6.07, 6.45) is -4.71. The van der Waals surface area contributed by atoms with Crippen LogP contribution in [-0.4, -0.2) is 28.7 Å². The second kappa shape index (κ2) is 9.74. The first-order valence-corrected chi connectivity index (χ1v) is 11.5. The summed E-state index contributed by atoms with van der Waals surface area (Å²) in [6.45, 7) is 3.45. The minimum atomic E-state index is -4.68. The van der Waals surface area contributed by atoms with Crippen LogP contribution < -0.4 is 5.32 Å². The number of halogens is 8. The molecule has 3 rings (SSSR count). The summed E-state index contributed by atoms with van der Waals surface area (Å²) >= 11 is 30.3. The molecule has 0 saturated carbocycles. The Morgan fingerprint density at radius 2 is 1.44 bits per heavy atom. The van der Waals surface area contributed by atoms with Gasteiger partial charge in [-0.05, 0) is 30.5 Å². The van der Waals surface area contributed by atoms with Crippen LogP contribution in [0.15, 0.2) is 18.2 Å². The Hall–Kier alpha value is -1.71. The number of carbonyl (C=O) groups excluding carboxylic acids is 3. The molecule has 0 radical (unpaired) electrons. The molecule has 1 N–H and O–H groups in total. The maximum Gasteiger partial charge on any atom is 0.416 e. The molecule has 3 amide bonds. The van der Waals surface area contributed by atoms with Crippen molar-refractivity contribution in [1.29, 1.82) is 0 Å². The molecular weight excluding hydrogens is 563 g/mol. The van der Waals surface area contributed by atoms with Gasteiger partial charge in [-0.25, -0.2) is 0 Å². The lowest BCUT2D eigenvalue weighted by molar-refractivity contribution is -0.137.